The van der Waals surface area contributed by atoms with Crippen molar-refractivity contribution in [3.05, 3.63) is 35.4 Å². The standard InChI is InChI=1S/C16H22N2O3/c1-2-6-12-7-3-4-8-13(12)11-21-16(20)18-14-9-5-10-17-15(14)19/h3-4,7-8,14H,2,5-6,9-11H2,1H3,(H,17,19)(H,18,20)/t14-/m0/s1. The highest BCUT2D eigenvalue weighted by molar-refractivity contribution is 5.86. The van der Waals surface area contributed by atoms with Crippen molar-refractivity contribution in [2.45, 2.75) is 45.3 Å². The maximum atomic E-state index is 11.8. The Kier molecular flexibility index (Phi) is 5.60. The molecule has 0 aliphatic carbocycles. The third kappa shape index (κ3) is 4.48. The average molecular weight is 290 g/mol. The summed E-state index contributed by atoms with van der Waals surface area (Å²) in [4.78, 5) is 23.3. The number of hydrogen-bond acceptors (Lipinski definition) is 3. The fourth-order valence-corrected chi connectivity index (χ4v) is 2.45. The van der Waals surface area contributed by atoms with Gasteiger partial charge in [-0.25, -0.2) is 4.79 Å². The Hall–Kier alpha value is -2.04. The van der Waals surface area contributed by atoms with Crippen LogP contribution in [0, 0.1) is 0 Å². The van der Waals surface area contributed by atoms with Gasteiger partial charge in [0.25, 0.3) is 0 Å². The molecule has 5 nitrogen and oxygen atoms in total. The number of carbonyl (C=O) groups excluding carboxylic acids is 2. The molecule has 2 N–H and O–H groups in total. The number of aryl methyl sites for hydroxylation is 1. The molecule has 0 radical (unpaired) electrons. The van der Waals surface area contributed by atoms with E-state index in [1.54, 1.807) is 0 Å². The summed E-state index contributed by atoms with van der Waals surface area (Å²) in [6.45, 7) is 3.03. The summed E-state index contributed by atoms with van der Waals surface area (Å²) < 4.78 is 5.24. The van der Waals surface area contributed by atoms with E-state index in [1.165, 1.54) is 5.56 Å². The number of amides is 2. The van der Waals surface area contributed by atoms with E-state index >= 15 is 0 Å². The van der Waals surface area contributed by atoms with Crippen LogP contribution in [-0.4, -0.2) is 24.6 Å². The molecule has 114 valence electrons. The molecule has 0 saturated carbocycles. The average Bonchev–Trinajstić information content (AvgIpc) is 2.49. The molecule has 1 aromatic carbocycles. The van der Waals surface area contributed by atoms with Gasteiger partial charge in [-0.05, 0) is 30.4 Å². The first-order valence-corrected chi connectivity index (χ1v) is 7.48. The summed E-state index contributed by atoms with van der Waals surface area (Å²) in [7, 11) is 0. The fourth-order valence-electron chi connectivity index (χ4n) is 2.45. The van der Waals surface area contributed by atoms with Crippen LogP contribution in [0.1, 0.15) is 37.3 Å². The van der Waals surface area contributed by atoms with Gasteiger partial charge < -0.3 is 15.4 Å². The molecule has 2 amide bonds. The van der Waals surface area contributed by atoms with Crippen LogP contribution in [0.15, 0.2) is 24.3 Å². The predicted octanol–water partition coefficient (Wildman–Crippen LogP) is 2.14. The molecule has 1 aliphatic rings. The fraction of sp³-hybridized carbons (Fsp3) is 0.500. The first kappa shape index (κ1) is 15.4. The molecule has 1 aromatic rings. The van der Waals surface area contributed by atoms with Gasteiger partial charge in [0.2, 0.25) is 5.91 Å². The highest BCUT2D eigenvalue weighted by Crippen LogP contribution is 2.12. The molecular weight excluding hydrogens is 268 g/mol. The molecule has 21 heavy (non-hydrogen) atoms. The Morgan fingerprint density at radius 1 is 1.38 bits per heavy atom. The van der Waals surface area contributed by atoms with Crippen LogP contribution in [0.2, 0.25) is 0 Å². The van der Waals surface area contributed by atoms with Crippen LogP contribution >= 0.6 is 0 Å². The second kappa shape index (κ2) is 7.67. The Morgan fingerprint density at radius 3 is 2.86 bits per heavy atom. The predicted molar refractivity (Wildman–Crippen MR) is 79.8 cm³/mol. The largest absolute Gasteiger partial charge is 0.445 e. The van der Waals surface area contributed by atoms with Crippen molar-refractivity contribution in [2.24, 2.45) is 0 Å². The first-order chi connectivity index (χ1) is 10.2. The highest BCUT2D eigenvalue weighted by Gasteiger charge is 2.24. The maximum absolute atomic E-state index is 11.8. The van der Waals surface area contributed by atoms with Gasteiger partial charge in [0, 0.05) is 6.54 Å². The van der Waals surface area contributed by atoms with E-state index in [1.807, 2.05) is 18.2 Å². The van der Waals surface area contributed by atoms with Crippen molar-refractivity contribution in [3.8, 4) is 0 Å². The molecule has 0 bridgehead atoms. The summed E-state index contributed by atoms with van der Waals surface area (Å²) in [5.74, 6) is -0.135. The van der Waals surface area contributed by atoms with Crippen LogP contribution in [-0.2, 0) is 22.6 Å². The van der Waals surface area contributed by atoms with Gasteiger partial charge in [0.05, 0.1) is 0 Å². The van der Waals surface area contributed by atoms with Crippen molar-refractivity contribution in [1.82, 2.24) is 10.6 Å². The van der Waals surface area contributed by atoms with E-state index in [-0.39, 0.29) is 12.5 Å². The van der Waals surface area contributed by atoms with Gasteiger partial charge in [-0.15, -0.1) is 0 Å². The summed E-state index contributed by atoms with van der Waals surface area (Å²) in [6, 6.07) is 7.46. The van der Waals surface area contributed by atoms with E-state index in [0.29, 0.717) is 13.0 Å². The lowest BCUT2D eigenvalue weighted by Crippen LogP contribution is -2.50. The van der Waals surface area contributed by atoms with Crippen molar-refractivity contribution in [1.29, 1.82) is 0 Å². The van der Waals surface area contributed by atoms with Crippen LogP contribution in [0.25, 0.3) is 0 Å². The number of carbonyl (C=O) groups is 2. The lowest BCUT2D eigenvalue weighted by Gasteiger charge is -2.22. The molecule has 1 heterocycles. The molecule has 1 fully saturated rings. The quantitative estimate of drug-likeness (QED) is 0.873. The van der Waals surface area contributed by atoms with Crippen molar-refractivity contribution < 1.29 is 14.3 Å². The lowest BCUT2D eigenvalue weighted by molar-refractivity contribution is -0.124. The third-order valence-electron chi connectivity index (χ3n) is 3.57. The maximum Gasteiger partial charge on any atom is 0.408 e. The van der Waals surface area contributed by atoms with Crippen molar-refractivity contribution in [2.75, 3.05) is 6.54 Å². The molecule has 1 saturated heterocycles. The molecule has 0 aromatic heterocycles. The Morgan fingerprint density at radius 2 is 2.14 bits per heavy atom. The third-order valence-corrected chi connectivity index (χ3v) is 3.57. The van der Waals surface area contributed by atoms with E-state index in [4.69, 9.17) is 4.74 Å². The first-order valence-electron chi connectivity index (χ1n) is 7.48. The van der Waals surface area contributed by atoms with Gasteiger partial charge in [-0.1, -0.05) is 37.6 Å². The molecule has 1 atom stereocenters. The normalized spacial score (nSPS) is 18.0. The van der Waals surface area contributed by atoms with E-state index in [0.717, 1.165) is 24.8 Å². The summed E-state index contributed by atoms with van der Waals surface area (Å²) in [6.07, 6.45) is 3.00. The SMILES string of the molecule is CCCc1ccccc1COC(=O)N[C@H]1CCCNC1=O. The van der Waals surface area contributed by atoms with E-state index in [9.17, 15) is 9.59 Å². The van der Waals surface area contributed by atoms with Gasteiger partial charge in [-0.2, -0.15) is 0 Å². The molecule has 5 heteroatoms. The monoisotopic (exact) mass is 290 g/mol. The molecule has 0 unspecified atom stereocenters. The van der Waals surface area contributed by atoms with Crippen LogP contribution in [0.5, 0.6) is 0 Å². The van der Waals surface area contributed by atoms with Gasteiger partial charge in [0.15, 0.2) is 0 Å². The zero-order valence-electron chi connectivity index (χ0n) is 12.4. The zero-order valence-corrected chi connectivity index (χ0v) is 12.4. The second-order valence-electron chi connectivity index (χ2n) is 5.23. The van der Waals surface area contributed by atoms with Crippen LogP contribution in [0.3, 0.4) is 0 Å². The van der Waals surface area contributed by atoms with E-state index in [2.05, 4.69) is 23.6 Å². The number of rotatable bonds is 5. The number of benzene rings is 1. The van der Waals surface area contributed by atoms with Crippen LogP contribution < -0.4 is 10.6 Å². The minimum atomic E-state index is -0.539. The van der Waals surface area contributed by atoms with Gasteiger partial charge in [0.1, 0.15) is 12.6 Å². The Labute approximate surface area is 125 Å². The lowest BCUT2D eigenvalue weighted by atomic mass is 10.0. The van der Waals surface area contributed by atoms with E-state index < -0.39 is 12.1 Å². The molecular formula is C16H22N2O3. The minimum Gasteiger partial charge on any atom is -0.445 e. The topological polar surface area (TPSA) is 67.4 Å². The Bertz CT molecular complexity index is 502. The van der Waals surface area contributed by atoms with Gasteiger partial charge in [-0.3, -0.25) is 4.79 Å². The second-order valence-corrected chi connectivity index (χ2v) is 5.23. The summed E-state index contributed by atoms with van der Waals surface area (Å²) in [5.41, 5.74) is 2.21. The molecule has 2 rings (SSSR count). The Balaban J connectivity index is 1.85. The van der Waals surface area contributed by atoms with Crippen LogP contribution in [0.4, 0.5) is 4.79 Å². The number of ether oxygens (including phenoxy) is 1. The highest BCUT2D eigenvalue weighted by atomic mass is 16.5. The zero-order chi connectivity index (χ0) is 15.1. The number of hydrogen-bond donors (Lipinski definition) is 2. The summed E-state index contributed by atoms with van der Waals surface area (Å²) in [5, 5.41) is 5.35. The smallest absolute Gasteiger partial charge is 0.408 e. The van der Waals surface area contributed by atoms with Crippen molar-refractivity contribution >= 4 is 12.0 Å². The number of alkyl carbamates (subject to hydrolysis) is 1. The minimum absolute atomic E-state index is 0.135. The van der Waals surface area contributed by atoms with Gasteiger partial charge >= 0.3 is 6.09 Å². The summed E-state index contributed by atoms with van der Waals surface area (Å²) >= 11 is 0. The number of nitrogens with one attached hydrogen (secondary N) is 2. The molecule has 1 aliphatic heterocycles. The van der Waals surface area contributed by atoms with Crippen molar-refractivity contribution in [3.63, 3.8) is 0 Å². The molecule has 0 spiro atoms. The number of piperidine rings is 1.